The van der Waals surface area contributed by atoms with E-state index < -0.39 is 0 Å². The summed E-state index contributed by atoms with van der Waals surface area (Å²) in [4.78, 5) is 26.7. The molecule has 0 unspecified atom stereocenters. The molecule has 2 heteroatoms. The van der Waals surface area contributed by atoms with Gasteiger partial charge in [0.15, 0.2) is 11.6 Å². The van der Waals surface area contributed by atoms with Crippen LogP contribution in [0.3, 0.4) is 0 Å². The van der Waals surface area contributed by atoms with Crippen LogP contribution in [-0.2, 0) is 12.8 Å². The maximum atomic E-state index is 13.3. The number of rotatable bonds is 12. The molecule has 0 heterocycles. The summed E-state index contributed by atoms with van der Waals surface area (Å²) in [5.41, 5.74) is 9.87. The topological polar surface area (TPSA) is 34.1 Å². The molecule has 1 aliphatic rings. The highest BCUT2D eigenvalue weighted by Crippen LogP contribution is 2.29. The summed E-state index contributed by atoms with van der Waals surface area (Å²) in [5.74, 6) is -0.0714. The van der Waals surface area contributed by atoms with E-state index in [1.165, 1.54) is 22.3 Å². The van der Waals surface area contributed by atoms with E-state index in [1.54, 1.807) is 0 Å². The minimum absolute atomic E-state index is 0.0357. The Morgan fingerprint density at radius 3 is 1.29 bits per heavy atom. The Balaban J connectivity index is 1.64. The van der Waals surface area contributed by atoms with E-state index in [-0.39, 0.29) is 11.6 Å². The first-order chi connectivity index (χ1) is 18.2. The van der Waals surface area contributed by atoms with Crippen LogP contribution in [0, 0.1) is 0 Å². The monoisotopic (exact) mass is 508 g/mol. The van der Waals surface area contributed by atoms with E-state index in [0.717, 1.165) is 62.5 Å². The summed E-state index contributed by atoms with van der Waals surface area (Å²) in [6, 6.07) is 11.6. The minimum Gasteiger partial charge on any atom is -0.289 e. The van der Waals surface area contributed by atoms with Crippen molar-refractivity contribution in [3.63, 3.8) is 0 Å². The number of carbonyl (C=O) groups excluding carboxylic acids is 2. The first kappa shape index (κ1) is 29.3. The molecule has 2 nitrogen and oxygen atoms in total. The molecule has 0 saturated heterocycles. The summed E-state index contributed by atoms with van der Waals surface area (Å²) < 4.78 is 0. The van der Waals surface area contributed by atoms with E-state index in [4.69, 9.17) is 0 Å². The fraction of sp³-hybridized carbons (Fsp3) is 0.389. The van der Waals surface area contributed by atoms with Crippen molar-refractivity contribution in [1.82, 2.24) is 0 Å². The molecule has 38 heavy (non-hydrogen) atoms. The molecule has 0 spiro atoms. The third-order valence-corrected chi connectivity index (χ3v) is 7.18. The van der Waals surface area contributed by atoms with Gasteiger partial charge in [0.2, 0.25) is 0 Å². The lowest BCUT2D eigenvalue weighted by molar-refractivity contribution is 0.0979. The maximum Gasteiger partial charge on any atom is 0.194 e. The SMILES string of the molecule is CC(C)=CCCC(C)=CCCc1ccc2c(c1)C(=O)c1ccc(CCC=C(C)CCC=C(C)C)cc1C2=O. The van der Waals surface area contributed by atoms with Crippen molar-refractivity contribution in [2.75, 3.05) is 0 Å². The predicted molar refractivity (Wildman–Crippen MR) is 161 cm³/mol. The second-order valence-corrected chi connectivity index (χ2v) is 11.2. The molecule has 0 aliphatic heterocycles. The third-order valence-electron chi connectivity index (χ3n) is 7.18. The van der Waals surface area contributed by atoms with Crippen LogP contribution in [0.2, 0.25) is 0 Å². The fourth-order valence-electron chi connectivity index (χ4n) is 4.91. The van der Waals surface area contributed by atoms with Gasteiger partial charge in [0.05, 0.1) is 0 Å². The summed E-state index contributed by atoms with van der Waals surface area (Å²) in [5, 5.41) is 0. The molecule has 0 saturated carbocycles. The lowest BCUT2D eigenvalue weighted by Crippen LogP contribution is -2.21. The van der Waals surface area contributed by atoms with Crippen LogP contribution in [0.25, 0.3) is 0 Å². The van der Waals surface area contributed by atoms with Gasteiger partial charge in [0, 0.05) is 22.3 Å². The van der Waals surface area contributed by atoms with Gasteiger partial charge in [-0.15, -0.1) is 0 Å². The normalized spacial score (nSPS) is 13.2. The quantitative estimate of drug-likeness (QED) is 0.228. The number of hydrogen-bond donors (Lipinski definition) is 0. The predicted octanol–water partition coefficient (Wildman–Crippen LogP) is 9.71. The highest BCUT2D eigenvalue weighted by Gasteiger charge is 2.29. The van der Waals surface area contributed by atoms with Crippen molar-refractivity contribution in [2.45, 2.75) is 92.9 Å². The average Bonchev–Trinajstić information content (AvgIpc) is 2.86. The van der Waals surface area contributed by atoms with Gasteiger partial charge in [0.1, 0.15) is 0 Å². The van der Waals surface area contributed by atoms with Crippen LogP contribution in [0.1, 0.15) is 123 Å². The smallest absolute Gasteiger partial charge is 0.194 e. The van der Waals surface area contributed by atoms with E-state index in [1.807, 2.05) is 36.4 Å². The van der Waals surface area contributed by atoms with Crippen LogP contribution < -0.4 is 0 Å². The molecular formula is C36H44O2. The van der Waals surface area contributed by atoms with Gasteiger partial charge < -0.3 is 0 Å². The first-order valence-electron chi connectivity index (χ1n) is 14.1. The Hall–Kier alpha value is -3.26. The Kier molecular flexibility index (Phi) is 10.8. The number of fused-ring (bicyclic) bond motifs is 2. The van der Waals surface area contributed by atoms with E-state index in [2.05, 4.69) is 65.8 Å². The zero-order valence-electron chi connectivity index (χ0n) is 24.2. The van der Waals surface area contributed by atoms with Gasteiger partial charge in [-0.25, -0.2) is 0 Å². The fourth-order valence-corrected chi connectivity index (χ4v) is 4.91. The molecule has 0 N–H and O–H groups in total. The minimum atomic E-state index is -0.0357. The number of carbonyl (C=O) groups is 2. The standard InChI is InChI=1S/C36H44O2/c1-25(2)11-7-13-27(5)15-9-17-29-19-21-31-33(23-29)35(37)32-22-20-30(24-34(32)36(31)38)18-10-16-28(6)14-8-12-26(3)4/h11-12,15-16,19-24H,7-10,13-14,17-18H2,1-6H3. The average molecular weight is 509 g/mol. The molecule has 200 valence electrons. The molecule has 2 aromatic rings. The molecule has 0 amide bonds. The largest absolute Gasteiger partial charge is 0.289 e. The Morgan fingerprint density at radius 2 is 0.921 bits per heavy atom. The lowest BCUT2D eigenvalue weighted by atomic mass is 9.82. The molecule has 0 radical (unpaired) electrons. The Bertz CT molecular complexity index is 1190. The van der Waals surface area contributed by atoms with Crippen molar-refractivity contribution in [2.24, 2.45) is 0 Å². The van der Waals surface area contributed by atoms with Crippen molar-refractivity contribution >= 4 is 11.6 Å². The van der Waals surface area contributed by atoms with Crippen LogP contribution >= 0.6 is 0 Å². The zero-order chi connectivity index (χ0) is 27.7. The number of ketones is 2. The molecule has 0 atom stereocenters. The van der Waals surface area contributed by atoms with Gasteiger partial charge in [-0.2, -0.15) is 0 Å². The summed E-state index contributed by atoms with van der Waals surface area (Å²) in [6.45, 7) is 12.9. The summed E-state index contributed by atoms with van der Waals surface area (Å²) in [7, 11) is 0. The Morgan fingerprint density at radius 1 is 0.526 bits per heavy atom. The number of allylic oxidation sites excluding steroid dienone is 8. The van der Waals surface area contributed by atoms with Gasteiger partial charge in [-0.3, -0.25) is 9.59 Å². The van der Waals surface area contributed by atoms with Gasteiger partial charge >= 0.3 is 0 Å². The van der Waals surface area contributed by atoms with Gasteiger partial charge in [-0.05, 0) is 116 Å². The highest BCUT2D eigenvalue weighted by molar-refractivity contribution is 6.28. The zero-order valence-corrected chi connectivity index (χ0v) is 24.2. The molecular weight excluding hydrogens is 464 g/mol. The van der Waals surface area contributed by atoms with Crippen molar-refractivity contribution in [1.29, 1.82) is 0 Å². The highest BCUT2D eigenvalue weighted by atomic mass is 16.1. The number of hydrogen-bond acceptors (Lipinski definition) is 2. The number of benzene rings is 2. The third kappa shape index (κ3) is 8.38. The van der Waals surface area contributed by atoms with E-state index >= 15 is 0 Å². The second kappa shape index (κ2) is 14.0. The molecule has 1 aliphatic carbocycles. The Labute approximate surface area is 230 Å². The van der Waals surface area contributed by atoms with Gasteiger partial charge in [0.25, 0.3) is 0 Å². The van der Waals surface area contributed by atoms with Crippen LogP contribution in [-0.4, -0.2) is 11.6 Å². The lowest BCUT2D eigenvalue weighted by Gasteiger charge is -2.19. The van der Waals surface area contributed by atoms with Gasteiger partial charge in [-0.1, -0.05) is 70.9 Å². The van der Waals surface area contributed by atoms with Crippen molar-refractivity contribution in [3.8, 4) is 0 Å². The molecule has 3 rings (SSSR count). The van der Waals surface area contributed by atoms with Crippen LogP contribution in [0.4, 0.5) is 0 Å². The van der Waals surface area contributed by atoms with E-state index in [0.29, 0.717) is 22.3 Å². The van der Waals surface area contributed by atoms with Crippen molar-refractivity contribution < 1.29 is 9.59 Å². The summed E-state index contributed by atoms with van der Waals surface area (Å²) in [6.07, 6.45) is 17.0. The van der Waals surface area contributed by atoms with Crippen molar-refractivity contribution in [3.05, 3.63) is 116 Å². The molecule has 0 bridgehead atoms. The van der Waals surface area contributed by atoms with Crippen LogP contribution in [0.15, 0.2) is 83.0 Å². The van der Waals surface area contributed by atoms with Crippen LogP contribution in [0.5, 0.6) is 0 Å². The number of aryl methyl sites for hydroxylation is 2. The molecule has 0 fully saturated rings. The molecule has 0 aromatic heterocycles. The second-order valence-electron chi connectivity index (χ2n) is 11.2. The first-order valence-corrected chi connectivity index (χ1v) is 14.1. The maximum absolute atomic E-state index is 13.3. The van der Waals surface area contributed by atoms with E-state index in [9.17, 15) is 9.59 Å². The molecule has 2 aromatic carbocycles. The summed E-state index contributed by atoms with van der Waals surface area (Å²) >= 11 is 0.